The number of benzene rings is 2. The summed E-state index contributed by atoms with van der Waals surface area (Å²) >= 11 is 6.27. The smallest absolute Gasteiger partial charge is 0.251 e. The highest BCUT2D eigenvalue weighted by atomic mass is 35.5. The Hall–Kier alpha value is -2.24. The van der Waals surface area contributed by atoms with Crippen molar-refractivity contribution in [3.05, 3.63) is 58.1 Å². The van der Waals surface area contributed by atoms with Gasteiger partial charge in [0.1, 0.15) is 0 Å². The van der Waals surface area contributed by atoms with Crippen LogP contribution < -0.4 is 14.8 Å². The van der Waals surface area contributed by atoms with Crippen molar-refractivity contribution < 1.29 is 19.0 Å². The van der Waals surface area contributed by atoms with Crippen LogP contribution in [-0.4, -0.2) is 26.2 Å². The zero-order valence-corrected chi connectivity index (χ0v) is 14.8. The molecule has 2 aromatic rings. The van der Waals surface area contributed by atoms with Gasteiger partial charge in [-0.25, -0.2) is 0 Å². The van der Waals surface area contributed by atoms with Crippen LogP contribution in [0.5, 0.6) is 11.5 Å². The Morgan fingerprint density at radius 1 is 1.16 bits per heavy atom. The van der Waals surface area contributed by atoms with Gasteiger partial charge in [0.2, 0.25) is 0 Å². The molecular weight excluding hydrogens is 342 g/mol. The average molecular weight is 362 g/mol. The quantitative estimate of drug-likeness (QED) is 0.884. The highest BCUT2D eigenvalue weighted by molar-refractivity contribution is 6.32. The van der Waals surface area contributed by atoms with Crippen molar-refractivity contribution in [1.29, 1.82) is 0 Å². The molecule has 0 fully saturated rings. The van der Waals surface area contributed by atoms with E-state index in [1.807, 2.05) is 18.2 Å². The van der Waals surface area contributed by atoms with Crippen LogP contribution in [-0.2, 0) is 17.9 Å². The summed E-state index contributed by atoms with van der Waals surface area (Å²) in [5, 5.41) is 3.38. The summed E-state index contributed by atoms with van der Waals surface area (Å²) in [5.41, 5.74) is 2.48. The second-order valence-corrected chi connectivity index (χ2v) is 6.18. The first kappa shape index (κ1) is 17.6. The minimum atomic E-state index is -0.146. The third-order valence-electron chi connectivity index (χ3n) is 3.84. The average Bonchev–Trinajstić information content (AvgIpc) is 2.86. The Morgan fingerprint density at radius 2 is 1.92 bits per heavy atom. The molecule has 132 valence electrons. The van der Waals surface area contributed by atoms with Crippen LogP contribution in [0.25, 0.3) is 0 Å². The summed E-state index contributed by atoms with van der Waals surface area (Å²) < 4.78 is 16.3. The molecule has 0 spiro atoms. The Balaban J connectivity index is 1.65. The lowest BCUT2D eigenvalue weighted by Crippen LogP contribution is -2.22. The molecule has 0 radical (unpaired) electrons. The van der Waals surface area contributed by atoms with Gasteiger partial charge in [0.25, 0.3) is 5.91 Å². The number of fused-ring (bicyclic) bond motifs is 1. The van der Waals surface area contributed by atoms with Crippen molar-refractivity contribution >= 4 is 17.5 Å². The first-order valence-electron chi connectivity index (χ1n) is 8.11. The van der Waals surface area contributed by atoms with Crippen molar-refractivity contribution in [2.24, 2.45) is 0 Å². The number of halogens is 1. The maximum atomic E-state index is 12.3. The molecule has 25 heavy (non-hydrogen) atoms. The Morgan fingerprint density at radius 3 is 2.68 bits per heavy atom. The summed E-state index contributed by atoms with van der Waals surface area (Å²) in [4.78, 5) is 12.3. The Labute approximate surface area is 151 Å². The van der Waals surface area contributed by atoms with E-state index >= 15 is 0 Å². The van der Waals surface area contributed by atoms with Gasteiger partial charge in [0, 0.05) is 25.6 Å². The monoisotopic (exact) mass is 361 g/mol. The van der Waals surface area contributed by atoms with Crippen LogP contribution >= 0.6 is 11.6 Å². The van der Waals surface area contributed by atoms with Crippen LogP contribution in [0.4, 0.5) is 0 Å². The van der Waals surface area contributed by atoms with Crippen molar-refractivity contribution in [1.82, 2.24) is 5.32 Å². The molecule has 3 rings (SSSR count). The second-order valence-electron chi connectivity index (χ2n) is 5.77. The van der Waals surface area contributed by atoms with Gasteiger partial charge in [-0.3, -0.25) is 4.79 Å². The van der Waals surface area contributed by atoms with Crippen LogP contribution in [0.1, 0.15) is 27.9 Å². The predicted molar refractivity (Wildman–Crippen MR) is 95.4 cm³/mol. The summed E-state index contributed by atoms with van der Waals surface area (Å²) in [5.74, 6) is 1.05. The van der Waals surface area contributed by atoms with Gasteiger partial charge in [-0.15, -0.1) is 0 Å². The van der Waals surface area contributed by atoms with Crippen molar-refractivity contribution in [2.75, 3.05) is 20.3 Å². The number of carbonyl (C=O) groups excluding carboxylic acids is 1. The third-order valence-corrected chi connectivity index (χ3v) is 4.12. The summed E-state index contributed by atoms with van der Waals surface area (Å²) in [7, 11) is 1.64. The fourth-order valence-electron chi connectivity index (χ4n) is 2.59. The molecule has 5 nitrogen and oxygen atoms in total. The SMILES string of the molecule is COCc1ccc(C(=O)NCc2cc(Cl)c3c(c2)OCCCO3)cc1. The normalized spacial score (nSPS) is 13.2. The molecule has 0 saturated heterocycles. The van der Waals surface area contributed by atoms with E-state index in [4.69, 9.17) is 25.8 Å². The Bertz CT molecular complexity index is 746. The van der Waals surface area contributed by atoms with Crippen LogP contribution in [0.2, 0.25) is 5.02 Å². The summed E-state index contributed by atoms with van der Waals surface area (Å²) in [6.07, 6.45) is 0.816. The number of hydrogen-bond donors (Lipinski definition) is 1. The highest BCUT2D eigenvalue weighted by Gasteiger charge is 2.16. The van der Waals surface area contributed by atoms with E-state index in [1.165, 1.54) is 0 Å². The number of amides is 1. The number of carbonyl (C=O) groups is 1. The lowest BCUT2D eigenvalue weighted by Gasteiger charge is -2.12. The van der Waals surface area contributed by atoms with E-state index in [0.717, 1.165) is 17.5 Å². The van der Waals surface area contributed by atoms with E-state index in [9.17, 15) is 4.79 Å². The minimum absolute atomic E-state index is 0.146. The fourth-order valence-corrected chi connectivity index (χ4v) is 2.88. The molecule has 0 aromatic heterocycles. The predicted octanol–water partition coefficient (Wildman–Crippen LogP) is 3.58. The van der Waals surface area contributed by atoms with Gasteiger partial charge in [-0.1, -0.05) is 23.7 Å². The van der Waals surface area contributed by atoms with Gasteiger partial charge in [0.15, 0.2) is 11.5 Å². The molecule has 1 N–H and O–H groups in total. The second kappa shape index (κ2) is 8.23. The third kappa shape index (κ3) is 4.44. The van der Waals surface area contributed by atoms with Crippen LogP contribution in [0, 0.1) is 0 Å². The molecule has 2 aromatic carbocycles. The highest BCUT2D eigenvalue weighted by Crippen LogP contribution is 2.37. The summed E-state index contributed by atoms with van der Waals surface area (Å²) in [6.45, 7) is 2.06. The fraction of sp³-hybridized carbons (Fsp3) is 0.316. The molecular formula is C19H20ClNO4. The van der Waals surface area contributed by atoms with E-state index in [-0.39, 0.29) is 5.91 Å². The number of rotatable bonds is 5. The lowest BCUT2D eigenvalue weighted by atomic mass is 10.1. The maximum absolute atomic E-state index is 12.3. The maximum Gasteiger partial charge on any atom is 0.251 e. The topological polar surface area (TPSA) is 56.8 Å². The van der Waals surface area contributed by atoms with E-state index in [0.29, 0.717) is 48.5 Å². The van der Waals surface area contributed by atoms with Gasteiger partial charge < -0.3 is 19.5 Å². The van der Waals surface area contributed by atoms with Crippen LogP contribution in [0.15, 0.2) is 36.4 Å². The number of ether oxygens (including phenoxy) is 3. The largest absolute Gasteiger partial charge is 0.489 e. The van der Waals surface area contributed by atoms with Crippen molar-refractivity contribution in [2.45, 2.75) is 19.6 Å². The van der Waals surface area contributed by atoms with Gasteiger partial charge >= 0.3 is 0 Å². The number of hydrogen-bond acceptors (Lipinski definition) is 4. The van der Waals surface area contributed by atoms with Gasteiger partial charge in [-0.2, -0.15) is 0 Å². The van der Waals surface area contributed by atoms with Crippen molar-refractivity contribution in [3.8, 4) is 11.5 Å². The zero-order chi connectivity index (χ0) is 17.6. The molecule has 0 saturated carbocycles. The summed E-state index contributed by atoms with van der Waals surface area (Å²) in [6, 6.07) is 11.0. The number of methoxy groups -OCH3 is 1. The van der Waals surface area contributed by atoms with Gasteiger partial charge in [-0.05, 0) is 35.4 Å². The zero-order valence-electron chi connectivity index (χ0n) is 14.0. The van der Waals surface area contributed by atoms with E-state index in [2.05, 4.69) is 5.32 Å². The molecule has 0 atom stereocenters. The van der Waals surface area contributed by atoms with E-state index in [1.54, 1.807) is 25.3 Å². The number of nitrogens with one attached hydrogen (secondary N) is 1. The molecule has 0 unspecified atom stereocenters. The first-order valence-corrected chi connectivity index (χ1v) is 8.49. The standard InChI is InChI=1S/C19H20ClNO4/c1-23-12-13-3-5-15(6-4-13)19(22)21-11-14-9-16(20)18-17(10-14)24-7-2-8-25-18/h3-6,9-10H,2,7-8,11-12H2,1H3,(H,21,22). The molecule has 0 bridgehead atoms. The van der Waals surface area contributed by atoms with E-state index < -0.39 is 0 Å². The molecule has 1 aliphatic heterocycles. The lowest BCUT2D eigenvalue weighted by molar-refractivity contribution is 0.0950. The molecule has 1 aliphatic rings. The van der Waals surface area contributed by atoms with Crippen molar-refractivity contribution in [3.63, 3.8) is 0 Å². The molecule has 1 amide bonds. The molecule has 1 heterocycles. The van der Waals surface area contributed by atoms with Gasteiger partial charge in [0.05, 0.1) is 24.8 Å². The minimum Gasteiger partial charge on any atom is -0.489 e. The van der Waals surface area contributed by atoms with Crippen LogP contribution in [0.3, 0.4) is 0 Å². The Kier molecular flexibility index (Phi) is 5.79. The first-order chi connectivity index (χ1) is 12.2. The molecule has 6 heteroatoms. The molecule has 0 aliphatic carbocycles.